The van der Waals surface area contributed by atoms with Crippen LogP contribution in [0.2, 0.25) is 5.02 Å². The molecular weight excluding hydrogens is 514 g/mol. The highest BCUT2D eigenvalue weighted by Gasteiger charge is 2.27. The van der Waals surface area contributed by atoms with Crippen molar-refractivity contribution in [3.05, 3.63) is 46.5 Å². The van der Waals surface area contributed by atoms with Crippen LogP contribution >= 0.6 is 33.2 Å². The van der Waals surface area contributed by atoms with Gasteiger partial charge in [-0.05, 0) is 37.0 Å². The summed E-state index contributed by atoms with van der Waals surface area (Å²) in [6, 6.07) is 5.66. The molecule has 3 unspecified atom stereocenters. The van der Waals surface area contributed by atoms with Crippen LogP contribution in [-0.4, -0.2) is 74.9 Å². The molecule has 0 aliphatic carbocycles. The van der Waals surface area contributed by atoms with E-state index in [1.807, 2.05) is 24.3 Å². The molecule has 0 saturated carbocycles. The van der Waals surface area contributed by atoms with Gasteiger partial charge in [-0.25, -0.2) is 9.59 Å². The van der Waals surface area contributed by atoms with Gasteiger partial charge in [0.15, 0.2) is 0 Å². The van der Waals surface area contributed by atoms with Crippen molar-refractivity contribution in [2.75, 3.05) is 18.8 Å². The summed E-state index contributed by atoms with van der Waals surface area (Å²) in [5.41, 5.74) is 7.32. The lowest BCUT2D eigenvalue weighted by atomic mass is 10.0. The predicted octanol–water partition coefficient (Wildman–Crippen LogP) is 2.57. The molecule has 1 amide bonds. The van der Waals surface area contributed by atoms with Crippen LogP contribution in [-0.2, 0) is 25.7 Å². The van der Waals surface area contributed by atoms with E-state index in [0.717, 1.165) is 17.7 Å². The third-order valence-corrected chi connectivity index (χ3v) is 8.70. The molecular formula is C23H30ClN3O6S2. The fourth-order valence-corrected chi connectivity index (χ4v) is 6.52. The van der Waals surface area contributed by atoms with Crippen LogP contribution in [0.3, 0.4) is 0 Å². The number of hydrogen-bond acceptors (Lipinski definition) is 8. The molecule has 1 fully saturated rings. The number of aliphatic carboxylic acids is 2. The van der Waals surface area contributed by atoms with Crippen LogP contribution in [0.15, 0.2) is 35.9 Å². The SMILES string of the molecule is CC(=O)C(N)CCC(=O)NC(CSSC1CCN(Cc2ccccc2Cl)C/C1=C/C(=O)O)C(=O)O. The van der Waals surface area contributed by atoms with Crippen molar-refractivity contribution in [1.82, 2.24) is 10.2 Å². The Morgan fingerprint density at radius 1 is 1.29 bits per heavy atom. The predicted molar refractivity (Wildman–Crippen MR) is 138 cm³/mol. The molecule has 1 aliphatic rings. The average molecular weight is 544 g/mol. The van der Waals surface area contributed by atoms with Crippen molar-refractivity contribution in [2.45, 2.75) is 50.1 Å². The summed E-state index contributed by atoms with van der Waals surface area (Å²) in [7, 11) is 2.68. The van der Waals surface area contributed by atoms with Crippen molar-refractivity contribution < 1.29 is 29.4 Å². The lowest BCUT2D eigenvalue weighted by Crippen LogP contribution is -2.43. The van der Waals surface area contributed by atoms with Gasteiger partial charge in [-0.3, -0.25) is 14.5 Å². The van der Waals surface area contributed by atoms with E-state index in [1.54, 1.807) is 0 Å². The molecule has 1 aliphatic heterocycles. The third-order valence-electron chi connectivity index (χ3n) is 5.44. The van der Waals surface area contributed by atoms with E-state index in [-0.39, 0.29) is 29.6 Å². The molecule has 9 nitrogen and oxygen atoms in total. The molecule has 1 aromatic carbocycles. The zero-order valence-corrected chi connectivity index (χ0v) is 21.7. The minimum atomic E-state index is -1.17. The van der Waals surface area contributed by atoms with E-state index in [0.29, 0.717) is 24.5 Å². The van der Waals surface area contributed by atoms with Crippen molar-refractivity contribution in [3.63, 3.8) is 0 Å². The number of benzene rings is 1. The summed E-state index contributed by atoms with van der Waals surface area (Å²) in [5, 5.41) is 21.8. The van der Waals surface area contributed by atoms with Gasteiger partial charge in [-0.1, -0.05) is 51.4 Å². The van der Waals surface area contributed by atoms with Gasteiger partial charge in [0.25, 0.3) is 0 Å². The van der Waals surface area contributed by atoms with Gasteiger partial charge in [-0.2, -0.15) is 0 Å². The fourth-order valence-electron chi connectivity index (χ4n) is 3.45. The Kier molecular flexibility index (Phi) is 12.1. The summed E-state index contributed by atoms with van der Waals surface area (Å²) in [4.78, 5) is 48.4. The van der Waals surface area contributed by atoms with E-state index < -0.39 is 29.9 Å². The number of amides is 1. The maximum absolute atomic E-state index is 12.1. The number of halogens is 1. The van der Waals surface area contributed by atoms with Crippen LogP contribution in [0.5, 0.6) is 0 Å². The van der Waals surface area contributed by atoms with Crippen molar-refractivity contribution >= 4 is 56.8 Å². The van der Waals surface area contributed by atoms with Gasteiger partial charge in [0.1, 0.15) is 11.8 Å². The molecule has 0 spiro atoms. The number of carbonyl (C=O) groups is 4. The molecule has 1 saturated heterocycles. The zero-order valence-electron chi connectivity index (χ0n) is 19.3. The number of nitrogens with two attached hydrogens (primary N) is 1. The van der Waals surface area contributed by atoms with Crippen molar-refractivity contribution in [2.24, 2.45) is 5.73 Å². The van der Waals surface area contributed by atoms with E-state index in [9.17, 15) is 29.4 Å². The van der Waals surface area contributed by atoms with E-state index in [4.69, 9.17) is 17.3 Å². The number of nitrogens with zero attached hydrogens (tertiary/aromatic N) is 1. The van der Waals surface area contributed by atoms with Crippen LogP contribution < -0.4 is 11.1 Å². The second-order valence-electron chi connectivity index (χ2n) is 8.23. The number of likely N-dealkylation sites (tertiary alicyclic amines) is 1. The van der Waals surface area contributed by atoms with Crippen LogP contribution in [0.25, 0.3) is 0 Å². The molecule has 12 heteroatoms. The van der Waals surface area contributed by atoms with Crippen LogP contribution in [0.1, 0.15) is 31.7 Å². The number of carboxylic acids is 2. The van der Waals surface area contributed by atoms with Gasteiger partial charge in [0, 0.05) is 48.2 Å². The fraction of sp³-hybridized carbons (Fsp3) is 0.478. The number of hydrogen-bond donors (Lipinski definition) is 4. The Morgan fingerprint density at radius 3 is 2.63 bits per heavy atom. The first-order valence-corrected chi connectivity index (χ1v) is 13.8. The number of nitrogens with one attached hydrogen (secondary N) is 1. The lowest BCUT2D eigenvalue weighted by molar-refractivity contribution is -0.141. The standard InChI is InChI=1S/C23H30ClN3O6S2/c1-14(28)18(25)6-7-21(29)26-19(23(32)33)13-34-35-20-8-9-27(12-16(20)10-22(30)31)11-15-4-2-3-5-17(15)24/h2-5,10,18-20H,6-9,11-13,25H2,1H3,(H,26,29)(H,30,31)(H,32,33)/b16-10-. The second-order valence-corrected chi connectivity index (χ2v) is 11.3. The molecule has 0 radical (unpaired) electrons. The number of rotatable bonds is 13. The number of Topliss-reactive ketones (excluding diaryl/α,β-unsaturated/α-hetero) is 1. The largest absolute Gasteiger partial charge is 0.480 e. The molecule has 0 bridgehead atoms. The monoisotopic (exact) mass is 543 g/mol. The van der Waals surface area contributed by atoms with Crippen LogP contribution in [0.4, 0.5) is 0 Å². The minimum absolute atomic E-state index is 0.0439. The van der Waals surface area contributed by atoms with Crippen LogP contribution in [0, 0.1) is 0 Å². The van der Waals surface area contributed by atoms with Gasteiger partial charge < -0.3 is 21.3 Å². The summed E-state index contributed by atoms with van der Waals surface area (Å²) >= 11 is 6.26. The normalized spacial score (nSPS) is 19.2. The molecule has 2 rings (SSSR count). The summed E-state index contributed by atoms with van der Waals surface area (Å²) < 4.78 is 0. The summed E-state index contributed by atoms with van der Waals surface area (Å²) in [6.45, 7) is 3.13. The molecule has 5 N–H and O–H groups in total. The molecule has 3 atom stereocenters. The molecule has 1 aromatic rings. The third kappa shape index (κ3) is 10.2. The van der Waals surface area contributed by atoms with E-state index in [1.165, 1.54) is 34.6 Å². The maximum atomic E-state index is 12.1. The quantitative estimate of drug-likeness (QED) is 0.216. The molecule has 35 heavy (non-hydrogen) atoms. The van der Waals surface area contributed by atoms with Gasteiger partial charge in [-0.15, -0.1) is 0 Å². The lowest BCUT2D eigenvalue weighted by Gasteiger charge is -2.34. The van der Waals surface area contributed by atoms with Gasteiger partial charge in [0.05, 0.1) is 6.04 Å². The van der Waals surface area contributed by atoms with E-state index >= 15 is 0 Å². The summed E-state index contributed by atoms with van der Waals surface area (Å²) in [6.07, 6.45) is 2.00. The average Bonchev–Trinajstić information content (AvgIpc) is 2.79. The van der Waals surface area contributed by atoms with E-state index in [2.05, 4.69) is 10.2 Å². The Hall–Kier alpha value is -2.05. The van der Waals surface area contributed by atoms with Gasteiger partial charge >= 0.3 is 11.9 Å². The topological polar surface area (TPSA) is 150 Å². The smallest absolute Gasteiger partial charge is 0.328 e. The number of ketones is 1. The Morgan fingerprint density at radius 2 is 2.00 bits per heavy atom. The van der Waals surface area contributed by atoms with Crippen molar-refractivity contribution in [3.8, 4) is 0 Å². The molecule has 192 valence electrons. The molecule has 0 aromatic heterocycles. The summed E-state index contributed by atoms with van der Waals surface area (Å²) in [5.74, 6) is -2.82. The van der Waals surface area contributed by atoms with Crippen molar-refractivity contribution in [1.29, 1.82) is 0 Å². The number of piperidine rings is 1. The highest BCUT2D eigenvalue weighted by atomic mass is 35.5. The Labute approximate surface area is 217 Å². The first-order valence-electron chi connectivity index (χ1n) is 11.0. The first-order chi connectivity index (χ1) is 16.6. The Balaban J connectivity index is 1.90. The second kappa shape index (κ2) is 14.5. The number of carboxylic acid groups (broad SMARTS) is 2. The first kappa shape index (κ1) is 29.2. The molecule has 1 heterocycles. The van der Waals surface area contributed by atoms with Gasteiger partial charge in [0.2, 0.25) is 5.91 Å². The Bertz CT molecular complexity index is 961. The zero-order chi connectivity index (χ0) is 26.0. The minimum Gasteiger partial charge on any atom is -0.480 e. The number of carbonyl (C=O) groups excluding carboxylic acids is 2. The highest BCUT2D eigenvalue weighted by Crippen LogP contribution is 2.37. The highest BCUT2D eigenvalue weighted by molar-refractivity contribution is 8.77. The maximum Gasteiger partial charge on any atom is 0.328 e.